The van der Waals surface area contributed by atoms with E-state index in [1.54, 1.807) is 97.3 Å². The summed E-state index contributed by atoms with van der Waals surface area (Å²) < 4.78 is 58.1. The Morgan fingerprint density at radius 1 is 0.527 bits per heavy atom. The smallest absolute Gasteiger partial charge is 0.426 e. The molecule has 0 aliphatic carbocycles. The summed E-state index contributed by atoms with van der Waals surface area (Å²) in [6, 6.07) is 35.1. The summed E-state index contributed by atoms with van der Waals surface area (Å²) in [6.07, 6.45) is 3.54. The van der Waals surface area contributed by atoms with E-state index in [1.807, 2.05) is 50.2 Å². The molecule has 8 aromatic rings. The third-order valence-corrected chi connectivity index (χ3v) is 12.4. The van der Waals surface area contributed by atoms with Crippen LogP contribution in [-0.2, 0) is 37.1 Å². The summed E-state index contributed by atoms with van der Waals surface area (Å²) in [5.41, 5.74) is 5.17. The number of fused-ring (bicyclic) bond motifs is 2. The van der Waals surface area contributed by atoms with E-state index < -0.39 is 20.0 Å². The zero-order valence-corrected chi connectivity index (χ0v) is 34.4. The van der Waals surface area contributed by atoms with Crippen molar-refractivity contribution in [3.05, 3.63) is 164 Å². The Labute approximate surface area is 347 Å². The van der Waals surface area contributed by atoms with E-state index in [0.29, 0.717) is 21.1 Å². The monoisotopic (exact) mass is 893 g/mol. The van der Waals surface area contributed by atoms with E-state index in [1.165, 1.54) is 22.7 Å². The third kappa shape index (κ3) is 11.3. The van der Waals surface area contributed by atoms with Crippen molar-refractivity contribution in [1.29, 1.82) is 0 Å². The van der Waals surface area contributed by atoms with Gasteiger partial charge in [0.25, 0.3) is 0 Å². The van der Waals surface area contributed by atoms with Crippen LogP contribution in [0.25, 0.3) is 41.3 Å². The molecule has 10 nitrogen and oxygen atoms in total. The first-order valence-electron chi connectivity index (χ1n) is 15.9. The molecule has 0 saturated carbocycles. The number of rotatable bonds is 7. The van der Waals surface area contributed by atoms with Crippen LogP contribution < -0.4 is 0 Å². The van der Waals surface area contributed by atoms with Crippen LogP contribution in [0, 0.1) is 13.8 Å². The Morgan fingerprint density at radius 3 is 1.25 bits per heavy atom. The number of nitrogens with zero attached hydrogens (tertiary/aromatic N) is 6. The van der Waals surface area contributed by atoms with Crippen molar-refractivity contribution in [2.45, 2.75) is 23.6 Å². The van der Waals surface area contributed by atoms with Crippen LogP contribution in [0.1, 0.15) is 11.1 Å². The standard InChI is InChI=1S/2C14H10ClN2O2S2.C10H8N2.Cu/c2*1-9-2-5-11(6-3-9)21(18,19)17-14-16-12-7-4-10(15)8-13(12)20-14;1-3-7-11-9(5-1)10-6-2-4-8-12-10;/h2*2-8H,1H3;1-8H;/q2*-1;;+2. The van der Waals surface area contributed by atoms with Crippen molar-refractivity contribution < 1.29 is 33.9 Å². The van der Waals surface area contributed by atoms with Crippen LogP contribution >= 0.6 is 45.9 Å². The Balaban J connectivity index is 0.000000163. The molecule has 8 rings (SSSR count). The first kappa shape index (κ1) is 41.7. The van der Waals surface area contributed by atoms with Crippen molar-refractivity contribution in [2.24, 2.45) is 0 Å². The van der Waals surface area contributed by atoms with Crippen LogP contribution in [0.15, 0.2) is 144 Å². The van der Waals surface area contributed by atoms with Gasteiger partial charge in [-0.3, -0.25) is 9.97 Å². The van der Waals surface area contributed by atoms with Crippen molar-refractivity contribution in [2.75, 3.05) is 0 Å². The maximum Gasteiger partial charge on any atom is 2.00 e. The molecule has 283 valence electrons. The number of sulfonamides is 2. The van der Waals surface area contributed by atoms with Gasteiger partial charge < -0.3 is 19.4 Å². The molecule has 0 atom stereocenters. The number of pyridine rings is 2. The number of aryl methyl sites for hydroxylation is 2. The Morgan fingerprint density at radius 2 is 0.909 bits per heavy atom. The molecule has 4 heterocycles. The predicted octanol–water partition coefficient (Wildman–Crippen LogP) is 11.4. The van der Waals surface area contributed by atoms with E-state index in [0.717, 1.165) is 31.9 Å². The predicted molar refractivity (Wildman–Crippen MR) is 219 cm³/mol. The summed E-state index contributed by atoms with van der Waals surface area (Å²) in [4.78, 5) is 17.1. The van der Waals surface area contributed by atoms with E-state index >= 15 is 0 Å². The normalized spacial score (nSPS) is 11.1. The number of hydrogen-bond donors (Lipinski definition) is 0. The zero-order chi connectivity index (χ0) is 38.3. The molecule has 0 saturated heterocycles. The van der Waals surface area contributed by atoms with Gasteiger partial charge >= 0.3 is 17.1 Å². The second kappa shape index (κ2) is 18.5. The van der Waals surface area contributed by atoms with Crippen molar-refractivity contribution in [3.63, 3.8) is 0 Å². The molecule has 0 bridgehead atoms. The van der Waals surface area contributed by atoms with E-state index in [4.69, 9.17) is 23.2 Å². The Hall–Kier alpha value is -4.44. The second-order valence-corrected chi connectivity index (χ2v) is 17.5. The average Bonchev–Trinajstić information content (AvgIpc) is 3.74. The van der Waals surface area contributed by atoms with Gasteiger partial charge in [-0.05, 0) is 97.7 Å². The average molecular weight is 895 g/mol. The van der Waals surface area contributed by atoms with Gasteiger partial charge in [0.05, 0.1) is 21.2 Å². The van der Waals surface area contributed by atoms with Gasteiger partial charge in [0, 0.05) is 42.1 Å². The molecule has 0 N–H and O–H groups in total. The van der Waals surface area contributed by atoms with Crippen molar-refractivity contribution in [1.82, 2.24) is 19.9 Å². The molecule has 1 radical (unpaired) electrons. The van der Waals surface area contributed by atoms with Gasteiger partial charge in [0.15, 0.2) is 0 Å². The molecular formula is C38H28Cl2CuN6O4S4. The number of benzene rings is 4. The van der Waals surface area contributed by atoms with Crippen LogP contribution in [-0.4, -0.2) is 36.8 Å². The van der Waals surface area contributed by atoms with Crippen molar-refractivity contribution in [3.8, 4) is 11.4 Å². The minimum absolute atomic E-state index is 0. The van der Waals surface area contributed by atoms with Gasteiger partial charge in [-0.1, -0.05) is 82.9 Å². The molecule has 0 amide bonds. The molecule has 4 aromatic carbocycles. The largest absolute Gasteiger partial charge is 2.00 e. The molecule has 0 spiro atoms. The zero-order valence-electron chi connectivity index (χ0n) is 28.7. The number of hydrogen-bond acceptors (Lipinski definition) is 10. The Bertz CT molecular complexity index is 2550. The quantitative estimate of drug-likeness (QED) is 0.144. The fourth-order valence-corrected chi connectivity index (χ4v) is 9.12. The minimum Gasteiger partial charge on any atom is -0.426 e. The maximum atomic E-state index is 12.2. The van der Waals surface area contributed by atoms with E-state index in [9.17, 15) is 16.8 Å². The van der Waals surface area contributed by atoms with Crippen LogP contribution in [0.4, 0.5) is 10.3 Å². The maximum absolute atomic E-state index is 12.2. The van der Waals surface area contributed by atoms with Gasteiger partial charge in [0.2, 0.25) is 20.0 Å². The topological polar surface area (TPSA) is 148 Å². The van der Waals surface area contributed by atoms with E-state index in [-0.39, 0.29) is 37.1 Å². The van der Waals surface area contributed by atoms with Gasteiger partial charge in [-0.15, -0.1) is 22.7 Å². The number of aromatic nitrogens is 4. The summed E-state index contributed by atoms with van der Waals surface area (Å²) in [5, 5.41) is 1.57. The third-order valence-electron chi connectivity index (χ3n) is 7.30. The SMILES string of the molecule is Cc1ccc(S(=O)(=O)[N-]c2nc3ccc(Cl)cc3s2)cc1.Cc1ccc(S(=O)(=O)[N-]c2nc3ccc(Cl)cc3s2)cc1.[Cu+2].c1ccc(-c2ccccn2)nc1. The summed E-state index contributed by atoms with van der Waals surface area (Å²) >= 11 is 14.2. The summed E-state index contributed by atoms with van der Waals surface area (Å²) in [7, 11) is -7.50. The first-order valence-corrected chi connectivity index (χ1v) is 21.2. The van der Waals surface area contributed by atoms with Gasteiger partial charge in [-0.2, -0.15) is 0 Å². The first-order chi connectivity index (χ1) is 25.8. The summed E-state index contributed by atoms with van der Waals surface area (Å²) in [5.74, 6) is 0. The number of thiazole rings is 2. The van der Waals surface area contributed by atoms with Gasteiger partial charge in [-0.25, -0.2) is 16.8 Å². The van der Waals surface area contributed by atoms with Gasteiger partial charge in [0.1, 0.15) is 0 Å². The molecule has 0 aliphatic heterocycles. The molecule has 0 fully saturated rings. The molecule has 4 aromatic heterocycles. The van der Waals surface area contributed by atoms with Crippen LogP contribution in [0.2, 0.25) is 10.0 Å². The van der Waals surface area contributed by atoms with Crippen LogP contribution in [0.3, 0.4) is 0 Å². The minimum atomic E-state index is -3.75. The molecule has 0 aliphatic rings. The molecular weight excluding hydrogens is 867 g/mol. The van der Waals surface area contributed by atoms with Crippen molar-refractivity contribution >= 4 is 96.6 Å². The second-order valence-electron chi connectivity index (χ2n) is 11.4. The Kier molecular flexibility index (Phi) is 14.0. The summed E-state index contributed by atoms with van der Waals surface area (Å²) in [6.45, 7) is 3.79. The van der Waals surface area contributed by atoms with E-state index in [2.05, 4.69) is 29.4 Å². The molecule has 17 heteroatoms. The fraction of sp³-hybridized carbons (Fsp3) is 0.0526. The molecule has 0 unspecified atom stereocenters. The van der Waals surface area contributed by atoms with Crippen LogP contribution in [0.5, 0.6) is 0 Å². The fourth-order valence-electron chi connectivity index (χ4n) is 4.61. The number of halogens is 2. The molecule has 55 heavy (non-hydrogen) atoms.